The van der Waals surface area contributed by atoms with Crippen LogP contribution in [0.25, 0.3) is 0 Å². The standard InChI is InChI=1S/C25H21Cl2F6N3O/c1-13-4-14(2-3-20(13)22(37)36-19-8-18(9-19)34-12-24(28,29)30)21-10-23(11-35-21,25(31,32)33)15-5-16(26)7-17(27)6-15/h2-7,19H,8-12H2,1H3,(H,36,37)/t19?,23-/m0/s1. The third-order valence-electron chi connectivity index (χ3n) is 6.55. The van der Waals surface area contributed by atoms with Gasteiger partial charge in [-0.1, -0.05) is 29.3 Å². The molecule has 4 rings (SSSR count). The smallest absolute Gasteiger partial charge is 0.349 e. The zero-order valence-electron chi connectivity index (χ0n) is 19.4. The lowest BCUT2D eigenvalue weighted by Gasteiger charge is -2.31. The Labute approximate surface area is 218 Å². The fraction of sp³-hybridized carbons (Fsp3) is 0.400. The van der Waals surface area contributed by atoms with Gasteiger partial charge in [-0.25, -0.2) is 0 Å². The maximum absolute atomic E-state index is 14.3. The molecule has 1 saturated carbocycles. The zero-order valence-corrected chi connectivity index (χ0v) is 20.9. The quantitative estimate of drug-likeness (QED) is 0.396. The van der Waals surface area contributed by atoms with Crippen LogP contribution in [0.4, 0.5) is 26.3 Å². The lowest BCUT2D eigenvalue weighted by atomic mass is 9.76. The summed E-state index contributed by atoms with van der Waals surface area (Å²) in [4.78, 5) is 20.4. The first kappa shape index (κ1) is 27.4. The summed E-state index contributed by atoms with van der Waals surface area (Å²) in [6, 6.07) is 8.17. The van der Waals surface area contributed by atoms with Gasteiger partial charge < -0.3 is 5.32 Å². The normalized spacial score (nSPS) is 21.9. The van der Waals surface area contributed by atoms with E-state index in [1.807, 2.05) is 0 Å². The predicted octanol–water partition coefficient (Wildman–Crippen LogP) is 6.89. The molecule has 0 spiro atoms. The number of hydrogen-bond acceptors (Lipinski definition) is 3. The molecule has 2 aliphatic rings. The van der Waals surface area contributed by atoms with E-state index in [-0.39, 0.29) is 40.2 Å². The third-order valence-corrected chi connectivity index (χ3v) is 6.99. The number of benzene rings is 2. The van der Waals surface area contributed by atoms with Crippen LogP contribution in [0.5, 0.6) is 0 Å². The van der Waals surface area contributed by atoms with Gasteiger partial charge in [0, 0.05) is 52.3 Å². The number of carbonyl (C=O) groups excluding carboxylic acids is 1. The van der Waals surface area contributed by atoms with E-state index in [4.69, 9.17) is 23.2 Å². The molecule has 1 atom stereocenters. The number of nitrogens with zero attached hydrogens (tertiary/aromatic N) is 2. The Hall–Kier alpha value is -2.59. The van der Waals surface area contributed by atoms with Crippen molar-refractivity contribution in [1.82, 2.24) is 5.32 Å². The highest BCUT2D eigenvalue weighted by Crippen LogP contribution is 2.48. The molecular weight excluding hydrogens is 543 g/mol. The number of rotatable bonds is 5. The Balaban J connectivity index is 1.46. The van der Waals surface area contributed by atoms with Crippen molar-refractivity contribution in [2.24, 2.45) is 9.98 Å². The van der Waals surface area contributed by atoms with Crippen molar-refractivity contribution < 1.29 is 31.1 Å². The van der Waals surface area contributed by atoms with Gasteiger partial charge in [-0.15, -0.1) is 0 Å². The molecule has 0 saturated heterocycles. The van der Waals surface area contributed by atoms with Crippen LogP contribution in [0.2, 0.25) is 10.0 Å². The SMILES string of the molecule is Cc1cc(C2=NC[C@@](c3cc(Cl)cc(Cl)c3)(C(F)(F)F)C2)ccc1C(=O)NC1CC(=NCC(F)(F)F)C1. The summed E-state index contributed by atoms with van der Waals surface area (Å²) in [5.74, 6) is -0.421. The molecule has 2 aromatic carbocycles. The Kier molecular flexibility index (Phi) is 7.38. The summed E-state index contributed by atoms with van der Waals surface area (Å²) < 4.78 is 79.7. The Morgan fingerprint density at radius 1 is 1.08 bits per heavy atom. The molecular formula is C25H21Cl2F6N3O. The average Bonchev–Trinajstić information content (AvgIpc) is 3.20. The van der Waals surface area contributed by atoms with Gasteiger partial charge >= 0.3 is 12.4 Å². The van der Waals surface area contributed by atoms with Crippen LogP contribution in [-0.2, 0) is 5.41 Å². The molecule has 4 nitrogen and oxygen atoms in total. The molecule has 37 heavy (non-hydrogen) atoms. The topological polar surface area (TPSA) is 53.8 Å². The van der Waals surface area contributed by atoms with Crippen molar-refractivity contribution in [3.05, 3.63) is 68.7 Å². The fourth-order valence-electron chi connectivity index (χ4n) is 4.50. The highest BCUT2D eigenvalue weighted by atomic mass is 35.5. The minimum atomic E-state index is -4.62. The van der Waals surface area contributed by atoms with Gasteiger partial charge in [0.1, 0.15) is 12.0 Å². The number of aliphatic imine (C=N–C) groups is 2. The summed E-state index contributed by atoms with van der Waals surface area (Å²) in [5.41, 5.74) is -0.418. The van der Waals surface area contributed by atoms with Gasteiger partial charge in [0.15, 0.2) is 0 Å². The van der Waals surface area contributed by atoms with Crippen LogP contribution < -0.4 is 5.32 Å². The highest BCUT2D eigenvalue weighted by molar-refractivity contribution is 6.34. The first-order valence-electron chi connectivity index (χ1n) is 11.2. The van der Waals surface area contributed by atoms with Crippen molar-refractivity contribution in [3.63, 3.8) is 0 Å². The molecule has 12 heteroatoms. The van der Waals surface area contributed by atoms with Crippen LogP contribution in [-0.4, -0.2) is 48.8 Å². The number of hydrogen-bond donors (Lipinski definition) is 1. The van der Waals surface area contributed by atoms with Crippen molar-refractivity contribution in [3.8, 4) is 0 Å². The van der Waals surface area contributed by atoms with E-state index in [0.717, 1.165) is 0 Å². The lowest BCUT2D eigenvalue weighted by Crippen LogP contribution is -2.45. The molecule has 198 valence electrons. The Bertz CT molecular complexity index is 1260. The highest BCUT2D eigenvalue weighted by Gasteiger charge is 2.58. The van der Waals surface area contributed by atoms with Gasteiger partial charge in [0.05, 0.1) is 6.54 Å². The third kappa shape index (κ3) is 5.95. The van der Waals surface area contributed by atoms with E-state index in [0.29, 0.717) is 22.4 Å². The maximum atomic E-state index is 14.3. The maximum Gasteiger partial charge on any atom is 0.407 e. The van der Waals surface area contributed by atoms with Crippen LogP contribution in [0.1, 0.15) is 46.3 Å². The molecule has 1 fully saturated rings. The minimum Gasteiger partial charge on any atom is -0.349 e. The molecule has 0 unspecified atom stereocenters. The van der Waals surface area contributed by atoms with Crippen LogP contribution in [0.15, 0.2) is 46.4 Å². The second-order valence-electron chi connectivity index (χ2n) is 9.28. The van der Waals surface area contributed by atoms with Crippen LogP contribution >= 0.6 is 23.2 Å². The lowest BCUT2D eigenvalue weighted by molar-refractivity contribution is -0.183. The van der Waals surface area contributed by atoms with E-state index < -0.39 is 43.2 Å². The number of nitrogens with one attached hydrogen (secondary N) is 1. The molecule has 2 aromatic rings. The van der Waals surface area contributed by atoms with Crippen molar-refractivity contribution in [2.75, 3.05) is 13.1 Å². The van der Waals surface area contributed by atoms with Gasteiger partial charge in [-0.2, -0.15) is 26.3 Å². The first-order chi connectivity index (χ1) is 17.2. The Morgan fingerprint density at radius 3 is 2.30 bits per heavy atom. The van der Waals surface area contributed by atoms with Crippen molar-refractivity contribution in [1.29, 1.82) is 0 Å². The molecule has 0 aromatic heterocycles. The van der Waals surface area contributed by atoms with Crippen LogP contribution in [0, 0.1) is 6.92 Å². The summed E-state index contributed by atoms with van der Waals surface area (Å²) in [5, 5.41) is 2.94. The zero-order chi connectivity index (χ0) is 27.2. The van der Waals surface area contributed by atoms with E-state index in [9.17, 15) is 31.1 Å². The summed E-state index contributed by atoms with van der Waals surface area (Å²) in [6.07, 6.45) is -8.93. The van der Waals surface area contributed by atoms with E-state index in [1.165, 1.54) is 30.3 Å². The predicted molar refractivity (Wildman–Crippen MR) is 130 cm³/mol. The number of halogens is 8. The molecule has 0 bridgehead atoms. The van der Waals surface area contributed by atoms with E-state index in [1.54, 1.807) is 13.0 Å². The van der Waals surface area contributed by atoms with Crippen molar-refractivity contribution >= 4 is 40.5 Å². The molecule has 1 heterocycles. The monoisotopic (exact) mass is 563 g/mol. The second kappa shape index (κ2) is 9.94. The molecule has 1 N–H and O–H groups in total. The van der Waals surface area contributed by atoms with E-state index >= 15 is 0 Å². The minimum absolute atomic E-state index is 0.0670. The Morgan fingerprint density at radius 2 is 1.73 bits per heavy atom. The van der Waals surface area contributed by atoms with Gasteiger partial charge in [-0.05, 0) is 53.9 Å². The average molecular weight is 564 g/mol. The number of amides is 1. The van der Waals surface area contributed by atoms with Crippen LogP contribution in [0.3, 0.4) is 0 Å². The molecule has 1 amide bonds. The van der Waals surface area contributed by atoms with Gasteiger partial charge in [0.2, 0.25) is 0 Å². The molecule has 0 radical (unpaired) electrons. The summed E-state index contributed by atoms with van der Waals surface area (Å²) in [7, 11) is 0. The second-order valence-corrected chi connectivity index (χ2v) is 10.2. The van der Waals surface area contributed by atoms with Crippen molar-refractivity contribution in [2.45, 2.75) is 50.0 Å². The largest absolute Gasteiger partial charge is 0.407 e. The first-order valence-corrected chi connectivity index (χ1v) is 12.0. The summed E-state index contributed by atoms with van der Waals surface area (Å²) in [6.45, 7) is -0.115. The number of alkyl halides is 6. The summed E-state index contributed by atoms with van der Waals surface area (Å²) >= 11 is 12.0. The molecule has 1 aliphatic heterocycles. The number of aryl methyl sites for hydroxylation is 1. The van der Waals surface area contributed by atoms with Gasteiger partial charge in [0.25, 0.3) is 5.91 Å². The number of carbonyl (C=O) groups is 1. The van der Waals surface area contributed by atoms with E-state index in [2.05, 4.69) is 15.3 Å². The molecule has 1 aliphatic carbocycles. The van der Waals surface area contributed by atoms with Gasteiger partial charge in [-0.3, -0.25) is 14.8 Å². The fourth-order valence-corrected chi connectivity index (χ4v) is 5.03.